The van der Waals surface area contributed by atoms with Gasteiger partial charge < -0.3 is 9.64 Å². The number of rotatable bonds is 0. The number of ether oxygens (including phenoxy) is 1. The number of piperidine rings is 1. The van der Waals surface area contributed by atoms with E-state index < -0.39 is 0 Å². The molecule has 0 N–H and O–H groups in total. The van der Waals surface area contributed by atoms with E-state index in [9.17, 15) is 0 Å². The van der Waals surface area contributed by atoms with Crippen LogP contribution >= 0.6 is 0 Å². The highest BCUT2D eigenvalue weighted by Gasteiger charge is 2.53. The Balaban J connectivity index is 0.000000336. The summed E-state index contributed by atoms with van der Waals surface area (Å²) in [5, 5.41) is 0. The van der Waals surface area contributed by atoms with Crippen LogP contribution in [0.15, 0.2) is 0 Å². The molecule has 0 aromatic rings. The van der Waals surface area contributed by atoms with Crippen LogP contribution in [0.2, 0.25) is 0 Å². The molecule has 0 bridgehead atoms. The summed E-state index contributed by atoms with van der Waals surface area (Å²) in [7, 11) is 2.18. The number of hydrogen-bond acceptors (Lipinski definition) is 2. The zero-order valence-electron chi connectivity index (χ0n) is 8.76. The van der Waals surface area contributed by atoms with Gasteiger partial charge in [-0.15, -0.1) is 0 Å². The number of nitrogens with zero attached hydrogens (tertiary/aromatic N) is 1. The maximum absolute atomic E-state index is 5.57. The summed E-state index contributed by atoms with van der Waals surface area (Å²) in [6.45, 7) is 8.61. The van der Waals surface area contributed by atoms with Gasteiger partial charge in [-0.3, -0.25) is 0 Å². The molecule has 2 nitrogen and oxygen atoms in total. The fourth-order valence-corrected chi connectivity index (χ4v) is 1.84. The van der Waals surface area contributed by atoms with Crippen molar-refractivity contribution in [2.24, 2.45) is 0 Å². The second-order valence-electron chi connectivity index (χ2n) is 3.63. The van der Waals surface area contributed by atoms with Crippen molar-refractivity contribution in [1.29, 1.82) is 0 Å². The highest BCUT2D eigenvalue weighted by molar-refractivity contribution is 5.02. The fourth-order valence-electron chi connectivity index (χ4n) is 1.84. The second kappa shape index (κ2) is 3.75. The lowest BCUT2D eigenvalue weighted by Crippen LogP contribution is -2.35. The highest BCUT2D eigenvalue weighted by atomic mass is 16.6. The lowest BCUT2D eigenvalue weighted by atomic mass is 9.94. The lowest BCUT2D eigenvalue weighted by molar-refractivity contribution is 0.168. The summed E-state index contributed by atoms with van der Waals surface area (Å²) in [5.74, 6) is 0. The van der Waals surface area contributed by atoms with E-state index in [1.807, 2.05) is 13.8 Å². The molecule has 2 fully saturated rings. The zero-order chi connectivity index (χ0) is 9.19. The molecule has 1 spiro atoms. The first-order valence-electron chi connectivity index (χ1n) is 5.09. The van der Waals surface area contributed by atoms with Gasteiger partial charge in [-0.25, -0.2) is 0 Å². The van der Waals surface area contributed by atoms with E-state index in [0.29, 0.717) is 11.7 Å². The van der Waals surface area contributed by atoms with E-state index in [4.69, 9.17) is 4.74 Å². The first-order valence-corrected chi connectivity index (χ1v) is 5.09. The third-order valence-corrected chi connectivity index (χ3v) is 2.93. The first kappa shape index (κ1) is 10.0. The minimum absolute atomic E-state index is 0.326. The Bertz CT molecular complexity index is 139. The minimum atomic E-state index is 0.326. The molecular formula is C10H21NO. The van der Waals surface area contributed by atoms with E-state index in [1.165, 1.54) is 25.9 Å². The molecule has 2 aliphatic rings. The van der Waals surface area contributed by atoms with Crippen LogP contribution in [0.1, 0.15) is 33.6 Å². The van der Waals surface area contributed by atoms with Crippen LogP contribution in [0.4, 0.5) is 0 Å². The van der Waals surface area contributed by atoms with Crippen molar-refractivity contribution in [2.45, 2.75) is 45.3 Å². The predicted molar refractivity (Wildman–Crippen MR) is 51.4 cm³/mol. The molecule has 0 aromatic carbocycles. The number of epoxide rings is 1. The Morgan fingerprint density at radius 2 is 1.67 bits per heavy atom. The van der Waals surface area contributed by atoms with Crippen LogP contribution in [0, 0.1) is 0 Å². The van der Waals surface area contributed by atoms with E-state index >= 15 is 0 Å². The Kier molecular flexibility index (Phi) is 3.13. The quantitative estimate of drug-likeness (QED) is 0.517. The molecule has 72 valence electrons. The van der Waals surface area contributed by atoms with Gasteiger partial charge in [0.2, 0.25) is 0 Å². The average Bonchev–Trinajstić information content (AvgIpc) is 2.73. The van der Waals surface area contributed by atoms with Crippen molar-refractivity contribution >= 4 is 0 Å². The van der Waals surface area contributed by atoms with Crippen molar-refractivity contribution in [3.63, 3.8) is 0 Å². The van der Waals surface area contributed by atoms with E-state index in [1.54, 1.807) is 0 Å². The van der Waals surface area contributed by atoms with Crippen LogP contribution in [0.25, 0.3) is 0 Å². The van der Waals surface area contributed by atoms with Crippen molar-refractivity contribution in [3.8, 4) is 0 Å². The Hall–Kier alpha value is -0.0800. The van der Waals surface area contributed by atoms with Gasteiger partial charge >= 0.3 is 0 Å². The molecule has 2 rings (SSSR count). The number of hydrogen-bond donors (Lipinski definition) is 0. The van der Waals surface area contributed by atoms with Crippen molar-refractivity contribution in [3.05, 3.63) is 0 Å². The maximum atomic E-state index is 5.57. The van der Waals surface area contributed by atoms with Gasteiger partial charge in [0.05, 0.1) is 11.7 Å². The maximum Gasteiger partial charge on any atom is 0.0969 e. The van der Waals surface area contributed by atoms with Crippen LogP contribution in [-0.4, -0.2) is 36.7 Å². The fraction of sp³-hybridized carbons (Fsp3) is 1.00. The molecule has 2 saturated heterocycles. The van der Waals surface area contributed by atoms with Crippen LogP contribution in [-0.2, 0) is 4.74 Å². The topological polar surface area (TPSA) is 15.8 Å². The largest absolute Gasteiger partial charge is 0.366 e. The molecule has 0 amide bonds. The average molecular weight is 171 g/mol. The summed E-state index contributed by atoms with van der Waals surface area (Å²) in [6.07, 6.45) is 3.02. The first-order chi connectivity index (χ1) is 5.73. The molecular weight excluding hydrogens is 150 g/mol. The summed E-state index contributed by atoms with van der Waals surface area (Å²) in [6, 6.07) is 0. The smallest absolute Gasteiger partial charge is 0.0969 e. The SMILES string of the molecule is CC.CC1OC12CCN(C)CC2. The lowest BCUT2D eigenvalue weighted by Gasteiger charge is -2.26. The summed E-state index contributed by atoms with van der Waals surface area (Å²) in [5.41, 5.74) is 0.326. The van der Waals surface area contributed by atoms with Gasteiger partial charge in [-0.05, 0) is 26.8 Å². The van der Waals surface area contributed by atoms with Crippen LogP contribution < -0.4 is 0 Å². The van der Waals surface area contributed by atoms with Gasteiger partial charge in [0.15, 0.2) is 0 Å². The molecule has 0 aliphatic carbocycles. The second-order valence-corrected chi connectivity index (χ2v) is 3.63. The monoisotopic (exact) mass is 171 g/mol. The summed E-state index contributed by atoms with van der Waals surface area (Å²) >= 11 is 0. The summed E-state index contributed by atoms with van der Waals surface area (Å²) < 4.78 is 5.57. The van der Waals surface area contributed by atoms with Crippen LogP contribution in [0.5, 0.6) is 0 Å². The molecule has 2 heterocycles. The van der Waals surface area contributed by atoms with Crippen molar-refractivity contribution < 1.29 is 4.74 Å². The van der Waals surface area contributed by atoms with Crippen molar-refractivity contribution in [1.82, 2.24) is 4.90 Å². The molecule has 0 radical (unpaired) electrons. The van der Waals surface area contributed by atoms with Gasteiger partial charge in [-0.2, -0.15) is 0 Å². The Morgan fingerprint density at radius 3 is 2.00 bits per heavy atom. The van der Waals surface area contributed by atoms with E-state index in [-0.39, 0.29) is 0 Å². The molecule has 12 heavy (non-hydrogen) atoms. The number of likely N-dealkylation sites (tertiary alicyclic amines) is 1. The highest BCUT2D eigenvalue weighted by Crippen LogP contribution is 2.44. The van der Waals surface area contributed by atoms with Gasteiger partial charge in [0.25, 0.3) is 0 Å². The predicted octanol–water partition coefficient (Wildman–Crippen LogP) is 1.90. The molecule has 0 saturated carbocycles. The van der Waals surface area contributed by atoms with E-state index in [2.05, 4.69) is 18.9 Å². The zero-order valence-corrected chi connectivity index (χ0v) is 8.76. The molecule has 2 heteroatoms. The molecule has 0 aromatic heterocycles. The molecule has 2 aliphatic heterocycles. The van der Waals surface area contributed by atoms with Gasteiger partial charge in [0, 0.05) is 13.1 Å². The summed E-state index contributed by atoms with van der Waals surface area (Å²) in [4.78, 5) is 2.37. The molecule has 1 unspecified atom stereocenters. The molecule has 1 atom stereocenters. The van der Waals surface area contributed by atoms with Gasteiger partial charge in [-0.1, -0.05) is 13.8 Å². The Labute approximate surface area is 75.9 Å². The normalized spacial score (nSPS) is 32.5. The van der Waals surface area contributed by atoms with Crippen molar-refractivity contribution in [2.75, 3.05) is 20.1 Å². The van der Waals surface area contributed by atoms with Crippen LogP contribution in [0.3, 0.4) is 0 Å². The van der Waals surface area contributed by atoms with Gasteiger partial charge in [0.1, 0.15) is 0 Å². The Morgan fingerprint density at radius 1 is 1.25 bits per heavy atom. The minimum Gasteiger partial charge on any atom is -0.366 e. The standard InChI is InChI=1S/C8H15NO.C2H6/c1-7-8(10-7)3-5-9(2)6-4-8;1-2/h7H,3-6H2,1-2H3;1-2H3. The third-order valence-electron chi connectivity index (χ3n) is 2.93. The van der Waals surface area contributed by atoms with E-state index in [0.717, 1.165) is 0 Å². The third kappa shape index (κ3) is 1.80.